The van der Waals surface area contributed by atoms with E-state index in [0.717, 1.165) is 10.0 Å². The lowest BCUT2D eigenvalue weighted by Gasteiger charge is -2.12. The molecule has 0 aromatic heterocycles. The van der Waals surface area contributed by atoms with Crippen LogP contribution in [0.25, 0.3) is 0 Å². The Labute approximate surface area is 125 Å². The Morgan fingerprint density at radius 2 is 1.85 bits per heavy atom. The highest BCUT2D eigenvalue weighted by molar-refractivity contribution is 9.10. The molecule has 1 aliphatic rings. The summed E-state index contributed by atoms with van der Waals surface area (Å²) in [6, 6.07) is 11.8. The molecule has 4 nitrogen and oxygen atoms in total. The Bertz CT molecular complexity index is 613. The van der Waals surface area contributed by atoms with Crippen molar-refractivity contribution in [3.63, 3.8) is 0 Å². The van der Waals surface area contributed by atoms with Crippen LogP contribution in [0.4, 0.5) is 0 Å². The Balaban J connectivity index is 1.86. The van der Waals surface area contributed by atoms with Crippen molar-refractivity contribution in [3.8, 4) is 23.0 Å². The van der Waals surface area contributed by atoms with Crippen LogP contribution in [0.1, 0.15) is 5.56 Å². The quantitative estimate of drug-likeness (QED) is 0.851. The Kier molecular flexibility index (Phi) is 3.69. The fraction of sp³-hybridized carbons (Fsp3) is 0.200. The van der Waals surface area contributed by atoms with Crippen molar-refractivity contribution in [3.05, 3.63) is 46.4 Å². The van der Waals surface area contributed by atoms with Gasteiger partial charge in [0.05, 0.1) is 7.11 Å². The van der Waals surface area contributed by atoms with Crippen LogP contribution in [-0.2, 0) is 6.61 Å². The van der Waals surface area contributed by atoms with Crippen LogP contribution < -0.4 is 18.9 Å². The van der Waals surface area contributed by atoms with Gasteiger partial charge in [-0.2, -0.15) is 0 Å². The van der Waals surface area contributed by atoms with Crippen LogP contribution in [0.5, 0.6) is 23.0 Å². The highest BCUT2D eigenvalue weighted by Crippen LogP contribution is 2.50. The summed E-state index contributed by atoms with van der Waals surface area (Å²) in [6.07, 6.45) is 0. The summed E-state index contributed by atoms with van der Waals surface area (Å²) in [5.74, 6) is 2.48. The molecule has 0 spiro atoms. The van der Waals surface area contributed by atoms with Crippen molar-refractivity contribution in [2.75, 3.05) is 13.9 Å². The predicted molar refractivity (Wildman–Crippen MR) is 77.6 cm³/mol. The van der Waals surface area contributed by atoms with Crippen molar-refractivity contribution in [1.29, 1.82) is 0 Å². The second kappa shape index (κ2) is 5.63. The topological polar surface area (TPSA) is 36.9 Å². The third-order valence-electron chi connectivity index (χ3n) is 2.97. The zero-order valence-corrected chi connectivity index (χ0v) is 12.5. The number of rotatable bonds is 4. The molecule has 0 atom stereocenters. The minimum absolute atomic E-state index is 0.187. The zero-order chi connectivity index (χ0) is 13.9. The first-order valence-electron chi connectivity index (χ1n) is 6.12. The van der Waals surface area contributed by atoms with Gasteiger partial charge in [-0.05, 0) is 21.5 Å². The molecule has 1 aliphatic heterocycles. The smallest absolute Gasteiger partial charge is 0.231 e. The standard InChI is InChI=1S/C15H13BrO4/c1-17-12-7-11(13(16)15-14(12)19-9-20-15)18-8-10-5-3-2-4-6-10/h2-7H,8-9H2,1H3. The Hall–Kier alpha value is -1.88. The molecule has 0 saturated carbocycles. The van der Waals surface area contributed by atoms with Gasteiger partial charge in [-0.25, -0.2) is 0 Å². The van der Waals surface area contributed by atoms with E-state index >= 15 is 0 Å². The molecule has 1 heterocycles. The van der Waals surface area contributed by atoms with Crippen molar-refractivity contribution >= 4 is 15.9 Å². The molecule has 20 heavy (non-hydrogen) atoms. The zero-order valence-electron chi connectivity index (χ0n) is 10.9. The van der Waals surface area contributed by atoms with Crippen LogP contribution in [0.3, 0.4) is 0 Å². The predicted octanol–water partition coefficient (Wildman–Crippen LogP) is 3.77. The maximum absolute atomic E-state index is 5.83. The van der Waals surface area contributed by atoms with E-state index < -0.39 is 0 Å². The molecular weight excluding hydrogens is 324 g/mol. The van der Waals surface area contributed by atoms with Gasteiger partial charge in [0.1, 0.15) is 16.8 Å². The lowest BCUT2D eigenvalue weighted by atomic mass is 10.2. The summed E-state index contributed by atoms with van der Waals surface area (Å²) in [5, 5.41) is 0. The number of benzene rings is 2. The summed E-state index contributed by atoms with van der Waals surface area (Å²) in [5.41, 5.74) is 1.09. The number of ether oxygens (including phenoxy) is 4. The summed E-state index contributed by atoms with van der Waals surface area (Å²) in [7, 11) is 1.59. The van der Waals surface area contributed by atoms with E-state index in [0.29, 0.717) is 29.6 Å². The highest BCUT2D eigenvalue weighted by atomic mass is 79.9. The third kappa shape index (κ3) is 2.41. The molecule has 104 valence electrons. The number of methoxy groups -OCH3 is 1. The van der Waals surface area contributed by atoms with E-state index in [1.807, 2.05) is 30.3 Å². The molecule has 0 saturated heterocycles. The van der Waals surface area contributed by atoms with Gasteiger partial charge in [-0.15, -0.1) is 0 Å². The monoisotopic (exact) mass is 336 g/mol. The highest BCUT2D eigenvalue weighted by Gasteiger charge is 2.25. The lowest BCUT2D eigenvalue weighted by Crippen LogP contribution is -1.97. The first-order chi connectivity index (χ1) is 9.79. The summed E-state index contributed by atoms with van der Waals surface area (Å²) < 4.78 is 22.7. The van der Waals surface area contributed by atoms with Crippen molar-refractivity contribution in [2.45, 2.75) is 6.61 Å². The normalized spacial score (nSPS) is 12.3. The number of hydrogen-bond donors (Lipinski definition) is 0. The first-order valence-corrected chi connectivity index (χ1v) is 6.91. The van der Waals surface area contributed by atoms with Crippen molar-refractivity contribution in [1.82, 2.24) is 0 Å². The largest absolute Gasteiger partial charge is 0.493 e. The van der Waals surface area contributed by atoms with Crippen LogP contribution in [0.15, 0.2) is 40.9 Å². The minimum Gasteiger partial charge on any atom is -0.493 e. The van der Waals surface area contributed by atoms with Crippen molar-refractivity contribution in [2.24, 2.45) is 0 Å². The molecule has 0 unspecified atom stereocenters. The third-order valence-corrected chi connectivity index (χ3v) is 3.72. The van der Waals surface area contributed by atoms with Gasteiger partial charge in [0.2, 0.25) is 12.5 Å². The Morgan fingerprint density at radius 1 is 1.10 bits per heavy atom. The lowest BCUT2D eigenvalue weighted by molar-refractivity contribution is 0.170. The average Bonchev–Trinajstić information content (AvgIpc) is 2.98. The summed E-state index contributed by atoms with van der Waals surface area (Å²) in [6.45, 7) is 0.661. The van der Waals surface area contributed by atoms with E-state index in [1.165, 1.54) is 0 Å². The number of hydrogen-bond acceptors (Lipinski definition) is 4. The number of fused-ring (bicyclic) bond motifs is 1. The van der Waals surface area contributed by atoms with E-state index in [1.54, 1.807) is 13.2 Å². The van der Waals surface area contributed by atoms with Crippen molar-refractivity contribution < 1.29 is 18.9 Å². The fourth-order valence-corrected chi connectivity index (χ4v) is 2.50. The van der Waals surface area contributed by atoms with E-state index in [9.17, 15) is 0 Å². The minimum atomic E-state index is 0.187. The van der Waals surface area contributed by atoms with Gasteiger partial charge in [0.25, 0.3) is 0 Å². The van der Waals surface area contributed by atoms with E-state index in [2.05, 4.69) is 15.9 Å². The molecule has 0 N–H and O–H groups in total. The molecular formula is C15H13BrO4. The second-order valence-electron chi connectivity index (χ2n) is 4.23. The maximum Gasteiger partial charge on any atom is 0.231 e. The second-order valence-corrected chi connectivity index (χ2v) is 5.02. The van der Waals surface area contributed by atoms with Gasteiger partial charge in [0.15, 0.2) is 11.5 Å². The molecule has 0 aliphatic carbocycles. The molecule has 0 fully saturated rings. The maximum atomic E-state index is 5.83. The van der Waals surface area contributed by atoms with E-state index in [-0.39, 0.29) is 6.79 Å². The van der Waals surface area contributed by atoms with Gasteiger partial charge >= 0.3 is 0 Å². The van der Waals surface area contributed by atoms with Gasteiger partial charge in [-0.3, -0.25) is 0 Å². The van der Waals surface area contributed by atoms with Gasteiger partial charge in [0, 0.05) is 6.07 Å². The molecule has 0 radical (unpaired) electrons. The van der Waals surface area contributed by atoms with Gasteiger partial charge < -0.3 is 18.9 Å². The van der Waals surface area contributed by atoms with Crippen LogP contribution in [0.2, 0.25) is 0 Å². The summed E-state index contributed by atoms with van der Waals surface area (Å²) in [4.78, 5) is 0. The first kappa shape index (κ1) is 13.1. The molecule has 2 aromatic carbocycles. The number of halogens is 1. The molecule has 0 bridgehead atoms. The molecule has 3 rings (SSSR count). The van der Waals surface area contributed by atoms with E-state index in [4.69, 9.17) is 18.9 Å². The van der Waals surface area contributed by atoms with Crippen LogP contribution >= 0.6 is 15.9 Å². The van der Waals surface area contributed by atoms with Gasteiger partial charge in [-0.1, -0.05) is 30.3 Å². The fourth-order valence-electron chi connectivity index (χ4n) is 1.98. The molecule has 5 heteroatoms. The van der Waals surface area contributed by atoms with Crippen LogP contribution in [0, 0.1) is 0 Å². The SMILES string of the molecule is COc1cc(OCc2ccccc2)c(Br)c2c1OCO2. The van der Waals surface area contributed by atoms with Crippen LogP contribution in [-0.4, -0.2) is 13.9 Å². The Morgan fingerprint density at radius 3 is 2.60 bits per heavy atom. The average molecular weight is 337 g/mol. The molecule has 2 aromatic rings. The summed E-state index contributed by atoms with van der Waals surface area (Å²) >= 11 is 3.48. The molecule has 0 amide bonds.